The van der Waals surface area contributed by atoms with Gasteiger partial charge < -0.3 is 23.7 Å². The van der Waals surface area contributed by atoms with Crippen molar-refractivity contribution in [2.45, 2.75) is 20.0 Å². The first-order valence-corrected chi connectivity index (χ1v) is 9.83. The molecule has 2 atom stereocenters. The van der Waals surface area contributed by atoms with E-state index < -0.39 is 24.0 Å². The molecule has 4 rings (SSSR count). The van der Waals surface area contributed by atoms with E-state index >= 15 is 0 Å². The van der Waals surface area contributed by atoms with Gasteiger partial charge in [-0.15, -0.1) is 0 Å². The molecular formula is C23H22O7. The smallest absolute Gasteiger partial charge is 0.338 e. The molecule has 2 aliphatic heterocycles. The van der Waals surface area contributed by atoms with Gasteiger partial charge in [0.1, 0.15) is 17.8 Å². The van der Waals surface area contributed by atoms with Crippen LogP contribution in [0, 0.1) is 5.92 Å². The predicted octanol–water partition coefficient (Wildman–Crippen LogP) is 3.64. The maximum absolute atomic E-state index is 13.0. The maximum Gasteiger partial charge on any atom is 0.338 e. The first-order valence-electron chi connectivity index (χ1n) is 9.83. The van der Waals surface area contributed by atoms with Gasteiger partial charge >= 0.3 is 11.9 Å². The highest BCUT2D eigenvalue weighted by Crippen LogP contribution is 2.48. The van der Waals surface area contributed by atoms with Crippen molar-refractivity contribution in [3.05, 3.63) is 65.2 Å². The Morgan fingerprint density at radius 2 is 1.70 bits per heavy atom. The molecule has 0 unspecified atom stereocenters. The van der Waals surface area contributed by atoms with Crippen LogP contribution in [0.4, 0.5) is 0 Å². The van der Waals surface area contributed by atoms with E-state index in [1.54, 1.807) is 32.0 Å². The lowest BCUT2D eigenvalue weighted by Crippen LogP contribution is -2.27. The molecule has 0 amide bonds. The summed E-state index contributed by atoms with van der Waals surface area (Å²) in [5, 5.41) is 0. The minimum atomic E-state index is -0.973. The molecule has 0 fully saturated rings. The summed E-state index contributed by atoms with van der Waals surface area (Å²) in [5.74, 6) is -0.628. The van der Waals surface area contributed by atoms with Gasteiger partial charge in [0, 0.05) is 5.56 Å². The van der Waals surface area contributed by atoms with Gasteiger partial charge in [-0.2, -0.15) is 0 Å². The lowest BCUT2D eigenvalue weighted by molar-refractivity contribution is -0.152. The Kier molecular flexibility index (Phi) is 5.61. The Morgan fingerprint density at radius 1 is 0.967 bits per heavy atom. The second kappa shape index (κ2) is 8.49. The topological polar surface area (TPSA) is 80.3 Å². The van der Waals surface area contributed by atoms with Gasteiger partial charge in [-0.05, 0) is 31.5 Å². The Labute approximate surface area is 174 Å². The Morgan fingerprint density at radius 3 is 2.43 bits per heavy atom. The fourth-order valence-electron chi connectivity index (χ4n) is 3.62. The van der Waals surface area contributed by atoms with Gasteiger partial charge in [-0.25, -0.2) is 4.79 Å². The predicted molar refractivity (Wildman–Crippen MR) is 107 cm³/mol. The zero-order valence-corrected chi connectivity index (χ0v) is 16.8. The molecular weight excluding hydrogens is 388 g/mol. The molecule has 0 saturated heterocycles. The van der Waals surface area contributed by atoms with Gasteiger partial charge in [0.05, 0.1) is 18.8 Å². The summed E-state index contributed by atoms with van der Waals surface area (Å²) in [5.41, 5.74) is 1.51. The van der Waals surface area contributed by atoms with Gasteiger partial charge in [-0.3, -0.25) is 4.79 Å². The number of benzene rings is 2. The number of rotatable bonds is 6. The summed E-state index contributed by atoms with van der Waals surface area (Å²) in [6, 6.07) is 14.5. The van der Waals surface area contributed by atoms with E-state index in [1.165, 1.54) is 0 Å². The number of fused-ring (bicyclic) bond motifs is 1. The molecule has 0 aliphatic carbocycles. The number of carbonyl (C=O) groups is 2. The number of hydrogen-bond acceptors (Lipinski definition) is 7. The molecule has 156 valence electrons. The molecule has 0 bridgehead atoms. The van der Waals surface area contributed by atoms with Crippen LogP contribution in [0.2, 0.25) is 0 Å². The van der Waals surface area contributed by atoms with Crippen LogP contribution in [0.3, 0.4) is 0 Å². The number of esters is 2. The molecule has 2 aromatic carbocycles. The van der Waals surface area contributed by atoms with Crippen molar-refractivity contribution in [3.8, 4) is 11.5 Å². The molecule has 0 radical (unpaired) electrons. The number of carbonyl (C=O) groups excluding carboxylic acids is 2. The average Bonchev–Trinajstić information content (AvgIpc) is 3.39. The SMILES string of the molecule is CCOC(=O)C1=C(c2ccccc2)O[C@@H](c2ccc3c(c2)OCO3)[C@@H]1C(=O)OCC. The van der Waals surface area contributed by atoms with E-state index in [2.05, 4.69) is 0 Å². The van der Waals surface area contributed by atoms with E-state index in [0.29, 0.717) is 28.4 Å². The van der Waals surface area contributed by atoms with Gasteiger partial charge in [0.25, 0.3) is 0 Å². The van der Waals surface area contributed by atoms with Gasteiger partial charge in [0.2, 0.25) is 6.79 Å². The van der Waals surface area contributed by atoms with Crippen LogP contribution in [0.25, 0.3) is 5.76 Å². The summed E-state index contributed by atoms with van der Waals surface area (Å²) in [6.45, 7) is 3.92. The van der Waals surface area contributed by atoms with Crippen LogP contribution in [0.5, 0.6) is 11.5 Å². The zero-order valence-electron chi connectivity index (χ0n) is 16.8. The number of hydrogen-bond donors (Lipinski definition) is 0. The lowest BCUT2D eigenvalue weighted by atomic mass is 9.89. The van der Waals surface area contributed by atoms with Crippen LogP contribution in [-0.4, -0.2) is 31.9 Å². The summed E-state index contributed by atoms with van der Waals surface area (Å²) in [6.07, 6.45) is -0.770. The molecule has 0 N–H and O–H groups in total. The summed E-state index contributed by atoms with van der Waals surface area (Å²) < 4.78 is 27.6. The van der Waals surface area contributed by atoms with E-state index in [0.717, 1.165) is 0 Å². The molecule has 2 aliphatic rings. The monoisotopic (exact) mass is 410 g/mol. The third-order valence-electron chi connectivity index (χ3n) is 4.90. The lowest BCUT2D eigenvalue weighted by Gasteiger charge is -2.20. The standard InChI is InChI=1S/C23H22O7/c1-3-26-22(24)18-19(23(25)27-4-2)21(30-20(18)14-8-6-5-7-9-14)15-10-11-16-17(12-15)29-13-28-16/h5-12,19,21H,3-4,13H2,1-2H3/t19-,21+/m1/s1. The first kappa shape index (κ1) is 19.8. The minimum Gasteiger partial charge on any atom is -0.483 e. The van der Waals surface area contributed by atoms with E-state index in [9.17, 15) is 9.59 Å². The van der Waals surface area contributed by atoms with Crippen LogP contribution < -0.4 is 9.47 Å². The molecule has 2 aromatic rings. The van der Waals surface area contributed by atoms with Gasteiger partial charge in [-0.1, -0.05) is 36.4 Å². The first-order chi connectivity index (χ1) is 14.6. The Hall–Kier alpha value is -3.48. The molecule has 0 aromatic heterocycles. The zero-order chi connectivity index (χ0) is 21.1. The van der Waals surface area contributed by atoms with Crippen molar-refractivity contribution in [1.82, 2.24) is 0 Å². The highest BCUT2D eigenvalue weighted by atomic mass is 16.7. The van der Waals surface area contributed by atoms with Crippen molar-refractivity contribution in [2.75, 3.05) is 20.0 Å². The number of ether oxygens (including phenoxy) is 5. The summed E-state index contributed by atoms with van der Waals surface area (Å²) in [4.78, 5) is 25.9. The van der Waals surface area contributed by atoms with Crippen LogP contribution in [0.1, 0.15) is 31.1 Å². The second-order valence-electron chi connectivity index (χ2n) is 6.71. The highest BCUT2D eigenvalue weighted by Gasteiger charge is 2.48. The van der Waals surface area contributed by atoms with E-state index in [-0.39, 0.29) is 25.6 Å². The molecule has 2 heterocycles. The minimum absolute atomic E-state index is 0.132. The van der Waals surface area contributed by atoms with Gasteiger partial charge in [0.15, 0.2) is 11.5 Å². The normalized spacial score (nSPS) is 19.4. The van der Waals surface area contributed by atoms with E-state index in [1.807, 2.05) is 30.3 Å². The Bertz CT molecular complexity index is 980. The van der Waals surface area contributed by atoms with Crippen molar-refractivity contribution in [2.24, 2.45) is 5.92 Å². The second-order valence-corrected chi connectivity index (χ2v) is 6.71. The third kappa shape index (κ3) is 3.58. The third-order valence-corrected chi connectivity index (χ3v) is 4.90. The molecule has 7 nitrogen and oxygen atoms in total. The Balaban J connectivity index is 1.82. The molecule has 0 saturated carbocycles. The van der Waals surface area contributed by atoms with Crippen LogP contribution in [-0.2, 0) is 23.8 Å². The highest BCUT2D eigenvalue weighted by molar-refractivity contribution is 6.03. The van der Waals surface area contributed by atoms with Crippen molar-refractivity contribution >= 4 is 17.7 Å². The molecule has 7 heteroatoms. The van der Waals surface area contributed by atoms with Crippen molar-refractivity contribution in [1.29, 1.82) is 0 Å². The summed E-state index contributed by atoms with van der Waals surface area (Å²) in [7, 11) is 0. The van der Waals surface area contributed by atoms with Crippen molar-refractivity contribution < 1.29 is 33.3 Å². The molecule has 0 spiro atoms. The largest absolute Gasteiger partial charge is 0.483 e. The fraction of sp³-hybridized carbons (Fsp3) is 0.304. The van der Waals surface area contributed by atoms with Crippen LogP contribution >= 0.6 is 0 Å². The molecule has 30 heavy (non-hydrogen) atoms. The fourth-order valence-corrected chi connectivity index (χ4v) is 3.62. The quantitative estimate of drug-likeness (QED) is 0.673. The van der Waals surface area contributed by atoms with Crippen molar-refractivity contribution in [3.63, 3.8) is 0 Å². The summed E-state index contributed by atoms with van der Waals surface area (Å²) >= 11 is 0. The average molecular weight is 410 g/mol. The maximum atomic E-state index is 13.0. The van der Waals surface area contributed by atoms with Crippen LogP contribution in [0.15, 0.2) is 54.1 Å². The van der Waals surface area contributed by atoms with E-state index in [4.69, 9.17) is 23.7 Å².